The van der Waals surface area contributed by atoms with Gasteiger partial charge in [0.1, 0.15) is 0 Å². The quantitative estimate of drug-likeness (QED) is 0.761. The number of thioether (sulfide) groups is 1. The highest BCUT2D eigenvalue weighted by Gasteiger charge is 2.46. The molecule has 148 valence electrons. The number of fused-ring (bicyclic) bond motifs is 1. The average Bonchev–Trinajstić information content (AvgIpc) is 3.08. The number of carbonyl (C=O) groups excluding carboxylic acids is 1. The molecule has 0 atom stereocenters. The number of nitrogens with zero attached hydrogens (tertiary/aromatic N) is 3. The highest BCUT2D eigenvalue weighted by molar-refractivity contribution is 8.27. The van der Waals surface area contributed by atoms with Crippen molar-refractivity contribution in [1.29, 1.82) is 5.41 Å². The van der Waals surface area contributed by atoms with E-state index < -0.39 is 23.0 Å². The normalized spacial score (nSPS) is 18.1. The minimum absolute atomic E-state index is 0.187. The van der Waals surface area contributed by atoms with E-state index in [1.165, 1.54) is 27.4 Å². The summed E-state index contributed by atoms with van der Waals surface area (Å²) in [5.41, 5.74) is 0.0980. The van der Waals surface area contributed by atoms with Crippen LogP contribution >= 0.6 is 11.8 Å². The van der Waals surface area contributed by atoms with Crippen molar-refractivity contribution in [2.75, 3.05) is 21.3 Å². The van der Waals surface area contributed by atoms with Gasteiger partial charge >= 0.3 is 6.18 Å². The van der Waals surface area contributed by atoms with Crippen LogP contribution in [0, 0.1) is 5.41 Å². The van der Waals surface area contributed by atoms with E-state index in [4.69, 9.17) is 19.6 Å². The molecule has 28 heavy (non-hydrogen) atoms. The second-order valence-electron chi connectivity index (χ2n) is 5.35. The van der Waals surface area contributed by atoms with E-state index in [0.29, 0.717) is 16.3 Å². The molecule has 0 radical (unpaired) electrons. The van der Waals surface area contributed by atoms with E-state index >= 15 is 0 Å². The van der Waals surface area contributed by atoms with E-state index in [1.807, 2.05) is 0 Å². The predicted molar refractivity (Wildman–Crippen MR) is 97.2 cm³/mol. The summed E-state index contributed by atoms with van der Waals surface area (Å²) < 4.78 is 54.4. The zero-order chi connectivity index (χ0) is 20.6. The summed E-state index contributed by atoms with van der Waals surface area (Å²) in [6.45, 7) is 0. The number of ether oxygens (including phenoxy) is 3. The molecule has 1 aromatic rings. The molecule has 1 N–H and O–H groups in total. The van der Waals surface area contributed by atoms with E-state index in [0.717, 1.165) is 0 Å². The lowest BCUT2D eigenvalue weighted by molar-refractivity contribution is -0.114. The number of hydrogen-bond donors (Lipinski definition) is 1. The Labute approximate surface area is 161 Å². The van der Waals surface area contributed by atoms with E-state index in [1.54, 1.807) is 12.1 Å². The fourth-order valence-electron chi connectivity index (χ4n) is 2.50. The first-order valence-corrected chi connectivity index (χ1v) is 8.39. The zero-order valence-electron chi connectivity index (χ0n) is 14.7. The Morgan fingerprint density at radius 3 is 2.39 bits per heavy atom. The van der Waals surface area contributed by atoms with Crippen LogP contribution in [0.1, 0.15) is 5.56 Å². The number of amidine groups is 2. The summed E-state index contributed by atoms with van der Waals surface area (Å²) in [6.07, 6.45) is -3.43. The number of amides is 1. The third-order valence-electron chi connectivity index (χ3n) is 3.73. The SMILES string of the molecule is COc1ccc(/C=C2/C(=N)N3N=C(C(F)(F)F)SC3=NC2=O)c(OC)c1OC. The molecule has 0 saturated heterocycles. The van der Waals surface area contributed by atoms with E-state index in [2.05, 4.69) is 10.1 Å². The summed E-state index contributed by atoms with van der Waals surface area (Å²) in [4.78, 5) is 15.9. The minimum atomic E-state index is -4.70. The van der Waals surface area contributed by atoms with Crippen LogP contribution in [-0.2, 0) is 4.79 Å². The number of nitrogens with one attached hydrogen (secondary N) is 1. The Morgan fingerprint density at radius 2 is 1.82 bits per heavy atom. The van der Waals surface area contributed by atoms with Crippen molar-refractivity contribution in [2.45, 2.75) is 6.18 Å². The molecule has 12 heteroatoms. The number of aliphatic imine (C=N–C) groups is 1. The Morgan fingerprint density at radius 1 is 1.14 bits per heavy atom. The molecule has 0 aliphatic carbocycles. The number of benzene rings is 1. The fraction of sp³-hybridized carbons (Fsp3) is 0.250. The zero-order valence-corrected chi connectivity index (χ0v) is 15.6. The van der Waals surface area contributed by atoms with Crippen LogP contribution in [0.15, 0.2) is 27.8 Å². The van der Waals surface area contributed by atoms with Crippen molar-refractivity contribution in [1.82, 2.24) is 5.01 Å². The molecule has 1 amide bonds. The van der Waals surface area contributed by atoms with Crippen molar-refractivity contribution in [2.24, 2.45) is 10.1 Å². The first-order chi connectivity index (χ1) is 13.2. The van der Waals surface area contributed by atoms with Gasteiger partial charge in [-0.2, -0.15) is 28.3 Å². The van der Waals surface area contributed by atoms with Crippen molar-refractivity contribution in [3.8, 4) is 17.2 Å². The second kappa shape index (κ2) is 7.19. The molecule has 0 fully saturated rings. The molecule has 2 aliphatic rings. The van der Waals surface area contributed by atoms with Gasteiger partial charge in [-0.05, 0) is 30.0 Å². The number of methoxy groups -OCH3 is 3. The van der Waals surface area contributed by atoms with Crippen LogP contribution in [0.3, 0.4) is 0 Å². The molecule has 0 saturated carbocycles. The summed E-state index contributed by atoms with van der Waals surface area (Å²) in [7, 11) is 4.21. The van der Waals surface area contributed by atoms with Crippen LogP contribution in [0.4, 0.5) is 13.2 Å². The number of hydrazone groups is 1. The molecule has 0 spiro atoms. The first kappa shape index (κ1) is 19.7. The molecule has 1 aromatic carbocycles. The summed E-state index contributed by atoms with van der Waals surface area (Å²) in [5, 5.41) is 10.6. The molecule has 0 aromatic heterocycles. The number of hydrogen-bond acceptors (Lipinski definition) is 7. The first-order valence-electron chi connectivity index (χ1n) is 7.57. The number of rotatable bonds is 4. The third-order valence-corrected chi connectivity index (χ3v) is 4.68. The maximum atomic E-state index is 12.9. The summed E-state index contributed by atoms with van der Waals surface area (Å²) in [5.74, 6) is -0.535. The average molecular weight is 414 g/mol. The van der Waals surface area contributed by atoms with Gasteiger partial charge in [0.05, 0.1) is 26.9 Å². The van der Waals surface area contributed by atoms with E-state index in [-0.39, 0.29) is 34.0 Å². The standard InChI is InChI=1S/C16H13F3N4O4S/c1-25-9-5-4-7(10(26-2)11(9)27-3)6-8-12(20)23-15(21-13(8)24)28-14(22-23)16(17,18)19/h4-6,20H,1-3H3/b8-6-,20-12?. The molecule has 3 rings (SSSR count). The number of carbonyl (C=O) groups is 1. The maximum Gasteiger partial charge on any atom is 0.441 e. The minimum Gasteiger partial charge on any atom is -0.493 e. The highest BCUT2D eigenvalue weighted by atomic mass is 32.2. The lowest BCUT2D eigenvalue weighted by atomic mass is 10.1. The van der Waals surface area contributed by atoms with Crippen LogP contribution in [0.2, 0.25) is 0 Å². The fourth-order valence-corrected chi connectivity index (χ4v) is 3.26. The van der Waals surface area contributed by atoms with Gasteiger partial charge in [0.15, 0.2) is 17.3 Å². The van der Waals surface area contributed by atoms with Crippen molar-refractivity contribution < 1.29 is 32.2 Å². The number of alkyl halides is 3. The predicted octanol–water partition coefficient (Wildman–Crippen LogP) is 2.89. The Balaban J connectivity index is 2.06. The Bertz CT molecular complexity index is 956. The largest absolute Gasteiger partial charge is 0.493 e. The van der Waals surface area contributed by atoms with Gasteiger partial charge in [0, 0.05) is 5.56 Å². The van der Waals surface area contributed by atoms with Crippen molar-refractivity contribution in [3.05, 3.63) is 23.3 Å². The van der Waals surface area contributed by atoms with Crippen LogP contribution < -0.4 is 14.2 Å². The topological polar surface area (TPSA) is 96.6 Å². The van der Waals surface area contributed by atoms with Gasteiger partial charge < -0.3 is 14.2 Å². The second-order valence-corrected chi connectivity index (χ2v) is 6.30. The van der Waals surface area contributed by atoms with Crippen LogP contribution in [0.5, 0.6) is 17.2 Å². The van der Waals surface area contributed by atoms with E-state index in [9.17, 15) is 18.0 Å². The third kappa shape index (κ3) is 3.30. The lowest BCUT2D eigenvalue weighted by Crippen LogP contribution is -2.35. The smallest absolute Gasteiger partial charge is 0.441 e. The monoisotopic (exact) mass is 414 g/mol. The van der Waals surface area contributed by atoms with Crippen molar-refractivity contribution >= 4 is 39.8 Å². The maximum absolute atomic E-state index is 12.9. The lowest BCUT2D eigenvalue weighted by Gasteiger charge is -2.20. The van der Waals surface area contributed by atoms with Crippen molar-refractivity contribution in [3.63, 3.8) is 0 Å². The molecule has 2 aliphatic heterocycles. The molecular weight excluding hydrogens is 401 g/mol. The molecule has 2 heterocycles. The summed E-state index contributed by atoms with van der Waals surface area (Å²) in [6, 6.07) is 3.11. The van der Waals surface area contributed by atoms with Gasteiger partial charge in [0.2, 0.25) is 16.0 Å². The van der Waals surface area contributed by atoms with Crippen LogP contribution in [0.25, 0.3) is 6.08 Å². The summed E-state index contributed by atoms with van der Waals surface area (Å²) >= 11 is 0.187. The Kier molecular flexibility index (Phi) is 5.06. The van der Waals surface area contributed by atoms with Gasteiger partial charge in [0.25, 0.3) is 5.91 Å². The van der Waals surface area contributed by atoms with Gasteiger partial charge in [-0.3, -0.25) is 10.2 Å². The molecule has 0 unspecified atom stereocenters. The molecular formula is C16H13F3N4O4S. The van der Waals surface area contributed by atoms with Gasteiger partial charge in [-0.1, -0.05) is 0 Å². The number of halogens is 3. The highest BCUT2D eigenvalue weighted by Crippen LogP contribution is 2.41. The van der Waals surface area contributed by atoms with Crippen LogP contribution in [-0.4, -0.2) is 54.5 Å². The van der Waals surface area contributed by atoms with Gasteiger partial charge in [-0.25, -0.2) is 0 Å². The van der Waals surface area contributed by atoms with Gasteiger partial charge in [-0.15, -0.1) is 0 Å². The Hall–Kier alpha value is -3.02. The molecule has 0 bridgehead atoms. The molecule has 8 nitrogen and oxygen atoms in total.